The molecule has 0 spiro atoms. The van der Waals surface area contributed by atoms with E-state index in [0.29, 0.717) is 13.0 Å². The standard InChI is InChI=1S/C24H28N2O4S/c1-24(19-8-4-2-5-9-19,20-10-6-3-7-11-20)17-25-23(28)18-14-22(27)26(15-18)21-12-13-31(29,30)16-21/h2-11,18,21H,12-17H2,1H3,(H,25,28)/t18-,21-/m0/s1. The van der Waals surface area contributed by atoms with Crippen LogP contribution in [0.25, 0.3) is 0 Å². The second-order valence-electron chi connectivity index (χ2n) is 8.79. The summed E-state index contributed by atoms with van der Waals surface area (Å²) in [5, 5.41) is 3.07. The van der Waals surface area contributed by atoms with Crippen LogP contribution in [0.5, 0.6) is 0 Å². The Kier molecular flexibility index (Phi) is 5.88. The maximum absolute atomic E-state index is 13.0. The van der Waals surface area contributed by atoms with Gasteiger partial charge in [-0.05, 0) is 24.5 Å². The van der Waals surface area contributed by atoms with E-state index in [1.807, 2.05) is 36.4 Å². The van der Waals surface area contributed by atoms with Gasteiger partial charge in [0.2, 0.25) is 11.8 Å². The molecule has 0 radical (unpaired) electrons. The lowest BCUT2D eigenvalue weighted by Gasteiger charge is -2.32. The molecule has 0 saturated carbocycles. The average Bonchev–Trinajstić information content (AvgIpc) is 3.34. The van der Waals surface area contributed by atoms with E-state index in [-0.39, 0.29) is 42.3 Å². The lowest BCUT2D eigenvalue weighted by atomic mass is 9.76. The number of sulfone groups is 1. The smallest absolute Gasteiger partial charge is 0.225 e. The number of likely N-dealkylation sites (tertiary alicyclic amines) is 1. The summed E-state index contributed by atoms with van der Waals surface area (Å²) in [6.07, 6.45) is 0.596. The molecule has 2 amide bonds. The predicted octanol–water partition coefficient (Wildman–Crippen LogP) is 2.14. The Morgan fingerprint density at radius 3 is 2.16 bits per heavy atom. The minimum absolute atomic E-state index is 0.00711. The van der Waals surface area contributed by atoms with Crippen LogP contribution in [0.2, 0.25) is 0 Å². The van der Waals surface area contributed by atoms with Gasteiger partial charge in [0, 0.05) is 31.0 Å². The lowest BCUT2D eigenvalue weighted by Crippen LogP contribution is -2.43. The molecule has 7 heteroatoms. The molecule has 2 heterocycles. The molecule has 6 nitrogen and oxygen atoms in total. The molecule has 164 valence electrons. The molecule has 31 heavy (non-hydrogen) atoms. The summed E-state index contributed by atoms with van der Waals surface area (Å²) >= 11 is 0. The number of nitrogens with zero attached hydrogens (tertiary/aromatic N) is 1. The highest BCUT2D eigenvalue weighted by Crippen LogP contribution is 2.32. The van der Waals surface area contributed by atoms with Crippen molar-refractivity contribution in [3.05, 3.63) is 71.8 Å². The zero-order valence-electron chi connectivity index (χ0n) is 17.7. The van der Waals surface area contributed by atoms with E-state index in [1.165, 1.54) is 0 Å². The number of carbonyl (C=O) groups is 2. The Hall–Kier alpha value is -2.67. The highest BCUT2D eigenvalue weighted by atomic mass is 32.2. The SMILES string of the molecule is CC(CNC(=O)[C@H]1CC(=O)N([C@H]2CCS(=O)(=O)C2)C1)(c1ccccc1)c1ccccc1. The molecule has 2 aromatic rings. The normalized spacial score (nSPS) is 23.1. The molecule has 1 N–H and O–H groups in total. The summed E-state index contributed by atoms with van der Waals surface area (Å²) in [6.45, 7) is 2.80. The molecule has 2 aliphatic heterocycles. The second-order valence-corrected chi connectivity index (χ2v) is 11.0. The van der Waals surface area contributed by atoms with Crippen molar-refractivity contribution >= 4 is 21.7 Å². The van der Waals surface area contributed by atoms with Crippen molar-refractivity contribution < 1.29 is 18.0 Å². The number of amides is 2. The van der Waals surface area contributed by atoms with E-state index in [0.717, 1.165) is 11.1 Å². The number of rotatable bonds is 6. The van der Waals surface area contributed by atoms with E-state index in [4.69, 9.17) is 0 Å². The molecule has 0 bridgehead atoms. The van der Waals surface area contributed by atoms with Crippen LogP contribution in [0.4, 0.5) is 0 Å². The van der Waals surface area contributed by atoms with Crippen molar-refractivity contribution in [1.82, 2.24) is 10.2 Å². The molecular formula is C24H28N2O4S. The van der Waals surface area contributed by atoms with Crippen LogP contribution < -0.4 is 5.32 Å². The van der Waals surface area contributed by atoms with Crippen LogP contribution in [-0.2, 0) is 24.8 Å². The van der Waals surface area contributed by atoms with Gasteiger partial charge >= 0.3 is 0 Å². The molecule has 2 aliphatic rings. The lowest BCUT2D eigenvalue weighted by molar-refractivity contribution is -0.130. The predicted molar refractivity (Wildman–Crippen MR) is 119 cm³/mol. The third-order valence-electron chi connectivity index (χ3n) is 6.62. The summed E-state index contributed by atoms with van der Waals surface area (Å²) in [5.41, 5.74) is 1.78. The van der Waals surface area contributed by atoms with Crippen molar-refractivity contribution in [2.24, 2.45) is 5.92 Å². The highest BCUT2D eigenvalue weighted by Gasteiger charge is 2.42. The fraction of sp³-hybridized carbons (Fsp3) is 0.417. The van der Waals surface area contributed by atoms with Gasteiger partial charge in [-0.3, -0.25) is 9.59 Å². The van der Waals surface area contributed by atoms with Crippen molar-refractivity contribution in [3.8, 4) is 0 Å². The Morgan fingerprint density at radius 2 is 1.65 bits per heavy atom. The average molecular weight is 441 g/mol. The molecule has 2 saturated heterocycles. The van der Waals surface area contributed by atoms with Crippen LogP contribution in [0.3, 0.4) is 0 Å². The van der Waals surface area contributed by atoms with Crippen molar-refractivity contribution in [3.63, 3.8) is 0 Å². The Balaban J connectivity index is 1.46. The molecule has 0 aromatic heterocycles. The van der Waals surface area contributed by atoms with Gasteiger partial charge in [-0.15, -0.1) is 0 Å². The minimum atomic E-state index is -3.08. The topological polar surface area (TPSA) is 83.6 Å². The van der Waals surface area contributed by atoms with E-state index in [1.54, 1.807) is 4.90 Å². The number of hydrogen-bond donors (Lipinski definition) is 1. The van der Waals surface area contributed by atoms with Crippen molar-refractivity contribution in [2.45, 2.75) is 31.2 Å². The first-order valence-electron chi connectivity index (χ1n) is 10.7. The van der Waals surface area contributed by atoms with E-state index in [9.17, 15) is 18.0 Å². The van der Waals surface area contributed by atoms with Gasteiger partial charge in [0.05, 0.1) is 17.4 Å². The number of carbonyl (C=O) groups excluding carboxylic acids is 2. The van der Waals surface area contributed by atoms with Crippen LogP contribution in [0.15, 0.2) is 60.7 Å². The fourth-order valence-corrected chi connectivity index (χ4v) is 6.40. The minimum Gasteiger partial charge on any atom is -0.355 e. The molecule has 2 fully saturated rings. The summed E-state index contributed by atoms with van der Waals surface area (Å²) in [7, 11) is -3.08. The monoisotopic (exact) mass is 440 g/mol. The quantitative estimate of drug-likeness (QED) is 0.746. The van der Waals surface area contributed by atoms with Gasteiger partial charge in [-0.2, -0.15) is 0 Å². The molecule has 0 unspecified atom stereocenters. The van der Waals surface area contributed by atoms with E-state index in [2.05, 4.69) is 36.5 Å². The molecule has 4 rings (SSSR count). The van der Waals surface area contributed by atoms with Crippen molar-refractivity contribution in [2.75, 3.05) is 24.6 Å². The maximum atomic E-state index is 13.0. The Morgan fingerprint density at radius 1 is 1.06 bits per heavy atom. The summed E-state index contributed by atoms with van der Waals surface area (Å²) in [5.74, 6) is -0.615. The van der Waals surface area contributed by atoms with E-state index >= 15 is 0 Å². The fourth-order valence-electron chi connectivity index (χ4n) is 4.67. The van der Waals surface area contributed by atoms with Gasteiger partial charge in [0.15, 0.2) is 9.84 Å². The largest absolute Gasteiger partial charge is 0.355 e. The second kappa shape index (κ2) is 8.46. The van der Waals surface area contributed by atoms with Gasteiger partial charge < -0.3 is 10.2 Å². The summed E-state index contributed by atoms with van der Waals surface area (Å²) in [4.78, 5) is 27.1. The first-order chi connectivity index (χ1) is 14.8. The molecule has 2 atom stereocenters. The maximum Gasteiger partial charge on any atom is 0.225 e. The zero-order chi connectivity index (χ0) is 22.1. The van der Waals surface area contributed by atoms with Gasteiger partial charge in [0.1, 0.15) is 0 Å². The molecule has 2 aromatic carbocycles. The van der Waals surface area contributed by atoms with Crippen molar-refractivity contribution in [1.29, 1.82) is 0 Å². The number of nitrogens with one attached hydrogen (secondary N) is 1. The summed E-state index contributed by atoms with van der Waals surface area (Å²) < 4.78 is 23.6. The van der Waals surface area contributed by atoms with Gasteiger partial charge in [-0.1, -0.05) is 60.7 Å². The number of benzene rings is 2. The summed E-state index contributed by atoms with van der Waals surface area (Å²) in [6, 6.07) is 19.8. The first-order valence-corrected chi connectivity index (χ1v) is 12.5. The number of hydrogen-bond acceptors (Lipinski definition) is 4. The Labute approximate surface area is 183 Å². The van der Waals surface area contributed by atoms with E-state index < -0.39 is 21.2 Å². The highest BCUT2D eigenvalue weighted by molar-refractivity contribution is 7.91. The molecular weight excluding hydrogens is 412 g/mol. The Bertz CT molecular complexity index is 1010. The van der Waals surface area contributed by atoms with Gasteiger partial charge in [-0.25, -0.2) is 8.42 Å². The third kappa shape index (κ3) is 4.51. The van der Waals surface area contributed by atoms with Crippen LogP contribution in [-0.4, -0.2) is 55.8 Å². The third-order valence-corrected chi connectivity index (χ3v) is 8.37. The van der Waals surface area contributed by atoms with Crippen LogP contribution in [0, 0.1) is 5.92 Å². The first kappa shape index (κ1) is 21.6. The van der Waals surface area contributed by atoms with Crippen LogP contribution in [0.1, 0.15) is 30.9 Å². The van der Waals surface area contributed by atoms with Crippen LogP contribution >= 0.6 is 0 Å². The molecule has 0 aliphatic carbocycles. The van der Waals surface area contributed by atoms with Gasteiger partial charge in [0.25, 0.3) is 0 Å². The zero-order valence-corrected chi connectivity index (χ0v) is 18.5.